The molecule has 0 saturated carbocycles. The fourth-order valence-corrected chi connectivity index (χ4v) is 3.27. The maximum atomic E-state index is 12.1. The van der Waals surface area contributed by atoms with Gasteiger partial charge in [-0.15, -0.1) is 11.3 Å². The second-order valence-electron chi connectivity index (χ2n) is 5.71. The number of aromatic nitrogens is 1. The van der Waals surface area contributed by atoms with Crippen molar-refractivity contribution in [2.24, 2.45) is 4.99 Å². The van der Waals surface area contributed by atoms with Crippen molar-refractivity contribution in [1.82, 2.24) is 20.5 Å². The molecule has 1 amide bonds. The van der Waals surface area contributed by atoms with Gasteiger partial charge in [0.25, 0.3) is 5.91 Å². The van der Waals surface area contributed by atoms with E-state index in [2.05, 4.69) is 20.6 Å². The Hall–Kier alpha value is -2.12. The van der Waals surface area contributed by atoms with Crippen LogP contribution >= 0.6 is 22.9 Å². The van der Waals surface area contributed by atoms with E-state index in [1.54, 1.807) is 5.51 Å². The number of nitrogens with one attached hydrogen (secondary N) is 2. The Morgan fingerprint density at radius 3 is 2.77 bits per heavy atom. The van der Waals surface area contributed by atoms with Gasteiger partial charge in [-0.1, -0.05) is 29.8 Å². The quantitative estimate of drug-likeness (QED) is 0.431. The smallest absolute Gasteiger partial charge is 0.263 e. The number of halogens is 1. The summed E-state index contributed by atoms with van der Waals surface area (Å²) in [6, 6.07) is 7.76. The predicted molar refractivity (Wildman–Crippen MR) is 108 cm³/mol. The van der Waals surface area contributed by atoms with Crippen molar-refractivity contribution in [3.63, 3.8) is 0 Å². The highest BCUT2D eigenvalue weighted by molar-refractivity contribution is 7.11. The maximum Gasteiger partial charge on any atom is 0.263 e. The van der Waals surface area contributed by atoms with Crippen LogP contribution < -0.4 is 10.6 Å². The van der Waals surface area contributed by atoms with Gasteiger partial charge < -0.3 is 15.5 Å². The van der Waals surface area contributed by atoms with Gasteiger partial charge in [0.05, 0.1) is 17.7 Å². The lowest BCUT2D eigenvalue weighted by Gasteiger charge is -2.22. The molecule has 2 rings (SSSR count). The van der Waals surface area contributed by atoms with Crippen LogP contribution in [0.3, 0.4) is 0 Å². The van der Waals surface area contributed by atoms with Crippen LogP contribution in [0.1, 0.15) is 27.9 Å². The third-order valence-electron chi connectivity index (χ3n) is 3.67. The van der Waals surface area contributed by atoms with E-state index in [9.17, 15) is 4.79 Å². The van der Waals surface area contributed by atoms with Gasteiger partial charge in [-0.05, 0) is 25.5 Å². The third-order valence-corrected chi connectivity index (χ3v) is 4.97. The van der Waals surface area contributed by atoms with Crippen molar-refractivity contribution in [2.45, 2.75) is 20.4 Å². The molecule has 2 aromatic rings. The van der Waals surface area contributed by atoms with Gasteiger partial charge in [0.2, 0.25) is 0 Å². The first-order valence-electron chi connectivity index (χ1n) is 8.44. The summed E-state index contributed by atoms with van der Waals surface area (Å²) in [4.78, 5) is 23.4. The lowest BCUT2D eigenvalue weighted by atomic mass is 10.2. The van der Waals surface area contributed by atoms with Crippen molar-refractivity contribution < 1.29 is 4.79 Å². The number of nitrogens with zero attached hydrogens (tertiary/aromatic N) is 3. The van der Waals surface area contributed by atoms with Gasteiger partial charge in [0.1, 0.15) is 4.88 Å². The first-order valence-corrected chi connectivity index (χ1v) is 9.69. The normalized spacial score (nSPS) is 11.3. The zero-order valence-electron chi connectivity index (χ0n) is 15.3. The van der Waals surface area contributed by atoms with Gasteiger partial charge in [0.15, 0.2) is 5.96 Å². The lowest BCUT2D eigenvalue weighted by molar-refractivity contribution is 0.0958. The van der Waals surface area contributed by atoms with Crippen molar-refractivity contribution >= 4 is 34.8 Å². The molecule has 0 aliphatic heterocycles. The highest BCUT2D eigenvalue weighted by Gasteiger charge is 2.11. The number of aryl methyl sites for hydroxylation is 1. The molecule has 0 spiro atoms. The molecule has 8 heteroatoms. The standard InChI is InChI=1S/C18H24ClN5OS/c1-4-20-18(24(3)11-14-7-5-6-8-15(14)19)22-10-9-21-17(25)16-13(2)23-12-26-16/h5-8,12H,4,9-11H2,1-3H3,(H,20,22)(H,21,25). The highest BCUT2D eigenvalue weighted by Crippen LogP contribution is 2.16. The van der Waals surface area contributed by atoms with Crippen LogP contribution in [0.4, 0.5) is 0 Å². The summed E-state index contributed by atoms with van der Waals surface area (Å²) in [7, 11) is 1.96. The fourth-order valence-electron chi connectivity index (χ4n) is 2.36. The largest absolute Gasteiger partial charge is 0.357 e. The lowest BCUT2D eigenvalue weighted by Crippen LogP contribution is -2.39. The second kappa shape index (κ2) is 10.1. The Morgan fingerprint density at radius 2 is 2.12 bits per heavy atom. The molecular weight excluding hydrogens is 370 g/mol. The minimum atomic E-state index is -0.102. The van der Waals surface area contributed by atoms with Gasteiger partial charge >= 0.3 is 0 Å². The SMILES string of the molecule is CCNC(=NCCNC(=O)c1scnc1C)N(C)Cc1ccccc1Cl. The number of amides is 1. The zero-order valence-corrected chi connectivity index (χ0v) is 16.8. The number of hydrogen-bond acceptors (Lipinski definition) is 4. The van der Waals surface area contributed by atoms with Gasteiger partial charge in [0, 0.05) is 31.7 Å². The Labute approximate surface area is 163 Å². The number of guanidine groups is 1. The number of rotatable bonds is 7. The van der Waals surface area contributed by atoms with E-state index in [0.717, 1.165) is 28.8 Å². The van der Waals surface area contributed by atoms with Gasteiger partial charge in [-0.2, -0.15) is 0 Å². The Kier molecular flexibility index (Phi) is 7.87. The Morgan fingerprint density at radius 1 is 1.35 bits per heavy atom. The average Bonchev–Trinajstić information content (AvgIpc) is 3.05. The van der Waals surface area contributed by atoms with E-state index in [4.69, 9.17) is 11.6 Å². The summed E-state index contributed by atoms with van der Waals surface area (Å²) in [6.07, 6.45) is 0. The van der Waals surface area contributed by atoms with Gasteiger partial charge in [-0.3, -0.25) is 9.79 Å². The molecule has 0 bridgehead atoms. The molecule has 0 fully saturated rings. The number of carbonyl (C=O) groups is 1. The number of aliphatic imine (C=N–C) groups is 1. The van der Waals surface area contributed by atoms with Crippen molar-refractivity contribution in [1.29, 1.82) is 0 Å². The first kappa shape index (κ1) is 20.2. The first-order chi connectivity index (χ1) is 12.5. The Bertz CT molecular complexity index is 762. The number of hydrogen-bond donors (Lipinski definition) is 2. The third kappa shape index (κ3) is 5.71. The van der Waals surface area contributed by atoms with Crippen LogP contribution in [0.15, 0.2) is 34.8 Å². The highest BCUT2D eigenvalue weighted by atomic mass is 35.5. The Balaban J connectivity index is 1.90. The van der Waals surface area contributed by atoms with E-state index in [0.29, 0.717) is 24.5 Å². The molecule has 1 aromatic carbocycles. The molecule has 0 aliphatic carbocycles. The number of thiazole rings is 1. The van der Waals surface area contributed by atoms with Crippen molar-refractivity contribution in [2.75, 3.05) is 26.7 Å². The van der Waals surface area contributed by atoms with Crippen LogP contribution in [-0.2, 0) is 6.54 Å². The summed E-state index contributed by atoms with van der Waals surface area (Å²) in [6.45, 7) is 6.21. The fraction of sp³-hybridized carbons (Fsp3) is 0.389. The van der Waals surface area contributed by atoms with Crippen molar-refractivity contribution in [3.8, 4) is 0 Å². The summed E-state index contributed by atoms with van der Waals surface area (Å²) in [5.74, 6) is 0.672. The van der Waals surface area contributed by atoms with E-state index in [-0.39, 0.29) is 5.91 Å². The molecule has 6 nitrogen and oxygen atoms in total. The van der Waals surface area contributed by atoms with Crippen LogP contribution in [0.25, 0.3) is 0 Å². The number of benzene rings is 1. The average molecular weight is 394 g/mol. The number of carbonyl (C=O) groups excluding carboxylic acids is 1. The summed E-state index contributed by atoms with van der Waals surface area (Å²) in [5, 5.41) is 6.88. The second-order valence-corrected chi connectivity index (χ2v) is 6.97. The molecule has 1 heterocycles. The summed E-state index contributed by atoms with van der Waals surface area (Å²) >= 11 is 7.58. The minimum absolute atomic E-state index is 0.102. The molecule has 140 valence electrons. The van der Waals surface area contributed by atoms with Gasteiger partial charge in [-0.25, -0.2) is 4.98 Å². The predicted octanol–water partition coefficient (Wildman–Crippen LogP) is 2.93. The molecule has 0 saturated heterocycles. The minimum Gasteiger partial charge on any atom is -0.357 e. The molecule has 0 atom stereocenters. The van der Waals surface area contributed by atoms with Crippen LogP contribution in [0.2, 0.25) is 5.02 Å². The topological polar surface area (TPSA) is 69.6 Å². The summed E-state index contributed by atoms with van der Waals surface area (Å²) in [5.41, 5.74) is 3.47. The molecule has 26 heavy (non-hydrogen) atoms. The van der Waals surface area contributed by atoms with E-state index < -0.39 is 0 Å². The van der Waals surface area contributed by atoms with E-state index in [1.165, 1.54) is 11.3 Å². The summed E-state index contributed by atoms with van der Waals surface area (Å²) < 4.78 is 0. The molecule has 0 unspecified atom stereocenters. The monoisotopic (exact) mass is 393 g/mol. The van der Waals surface area contributed by atoms with Crippen molar-refractivity contribution in [3.05, 3.63) is 50.9 Å². The van der Waals surface area contributed by atoms with Crippen LogP contribution in [-0.4, -0.2) is 48.4 Å². The molecule has 0 radical (unpaired) electrons. The maximum absolute atomic E-state index is 12.1. The molecule has 0 aliphatic rings. The molecule has 1 aromatic heterocycles. The van der Waals surface area contributed by atoms with E-state index in [1.807, 2.05) is 50.1 Å². The molecule has 2 N–H and O–H groups in total. The van der Waals surface area contributed by atoms with Crippen LogP contribution in [0.5, 0.6) is 0 Å². The molecular formula is C18H24ClN5OS. The van der Waals surface area contributed by atoms with Crippen LogP contribution in [0, 0.1) is 6.92 Å². The zero-order chi connectivity index (χ0) is 18.9. The van der Waals surface area contributed by atoms with E-state index >= 15 is 0 Å².